The van der Waals surface area contributed by atoms with Gasteiger partial charge in [0.15, 0.2) is 0 Å². The molecule has 0 radical (unpaired) electrons. The molecule has 1 unspecified atom stereocenters. The van der Waals surface area contributed by atoms with Crippen LogP contribution in [0.4, 0.5) is 5.69 Å². The van der Waals surface area contributed by atoms with E-state index in [9.17, 15) is 9.59 Å². The van der Waals surface area contributed by atoms with Crippen molar-refractivity contribution in [3.05, 3.63) is 41.5 Å². The van der Waals surface area contributed by atoms with E-state index in [0.29, 0.717) is 18.0 Å². The Labute approximate surface area is 112 Å². The summed E-state index contributed by atoms with van der Waals surface area (Å²) in [4.78, 5) is 22.7. The first-order chi connectivity index (χ1) is 9.06. The highest BCUT2D eigenvalue weighted by atomic mass is 16.4. The normalized spacial score (nSPS) is 17.4. The molecule has 2 rings (SSSR count). The summed E-state index contributed by atoms with van der Waals surface area (Å²) in [5.41, 5.74) is 1.67. The van der Waals surface area contributed by atoms with Gasteiger partial charge in [-0.2, -0.15) is 0 Å². The van der Waals surface area contributed by atoms with Gasteiger partial charge in [-0.1, -0.05) is 12.2 Å². The first kappa shape index (κ1) is 13.3. The number of amides is 1. The molecule has 1 aromatic rings. The second-order valence-electron chi connectivity index (χ2n) is 4.85. The van der Waals surface area contributed by atoms with Crippen LogP contribution in [0.2, 0.25) is 0 Å². The van der Waals surface area contributed by atoms with Crippen LogP contribution in [0.25, 0.3) is 0 Å². The average molecular weight is 259 g/mol. The third kappa shape index (κ3) is 3.44. The standard InChI is InChI=1S/C15H17NO3/c1-10-8-12(15(18)19)6-7-13(10)16-14(17)9-11-4-2-3-5-11/h2,4,6-8,11H,3,5,9H2,1H3,(H,16,17)(H,18,19). The summed E-state index contributed by atoms with van der Waals surface area (Å²) in [6.07, 6.45) is 6.75. The zero-order valence-corrected chi connectivity index (χ0v) is 10.8. The summed E-state index contributed by atoms with van der Waals surface area (Å²) in [6.45, 7) is 1.79. The quantitative estimate of drug-likeness (QED) is 0.817. The summed E-state index contributed by atoms with van der Waals surface area (Å²) >= 11 is 0. The number of allylic oxidation sites excluding steroid dienone is 2. The molecule has 0 aromatic heterocycles. The number of aromatic carboxylic acids is 1. The van der Waals surface area contributed by atoms with Gasteiger partial charge in [-0.15, -0.1) is 0 Å². The Morgan fingerprint density at radius 1 is 1.42 bits per heavy atom. The number of hydrogen-bond donors (Lipinski definition) is 2. The Balaban J connectivity index is 2.00. The predicted molar refractivity (Wildman–Crippen MR) is 73.2 cm³/mol. The van der Waals surface area contributed by atoms with Crippen LogP contribution >= 0.6 is 0 Å². The van der Waals surface area contributed by atoms with Crippen molar-refractivity contribution in [2.24, 2.45) is 5.92 Å². The van der Waals surface area contributed by atoms with Crippen molar-refractivity contribution >= 4 is 17.6 Å². The van der Waals surface area contributed by atoms with Gasteiger partial charge in [-0.25, -0.2) is 4.79 Å². The molecule has 1 aromatic carbocycles. The first-order valence-electron chi connectivity index (χ1n) is 6.36. The highest BCUT2D eigenvalue weighted by Crippen LogP contribution is 2.22. The topological polar surface area (TPSA) is 66.4 Å². The zero-order valence-electron chi connectivity index (χ0n) is 10.8. The smallest absolute Gasteiger partial charge is 0.335 e. The van der Waals surface area contributed by atoms with Gasteiger partial charge in [0.1, 0.15) is 0 Å². The lowest BCUT2D eigenvalue weighted by Gasteiger charge is -2.11. The summed E-state index contributed by atoms with van der Waals surface area (Å²) in [6, 6.07) is 4.70. The van der Waals surface area contributed by atoms with Crippen molar-refractivity contribution in [2.45, 2.75) is 26.2 Å². The molecule has 0 aliphatic heterocycles. The van der Waals surface area contributed by atoms with E-state index in [-0.39, 0.29) is 11.5 Å². The summed E-state index contributed by atoms with van der Waals surface area (Å²) < 4.78 is 0. The Morgan fingerprint density at radius 3 is 2.79 bits per heavy atom. The van der Waals surface area contributed by atoms with Crippen LogP contribution in [0.3, 0.4) is 0 Å². The van der Waals surface area contributed by atoms with Crippen molar-refractivity contribution in [1.82, 2.24) is 0 Å². The van der Waals surface area contributed by atoms with Crippen LogP contribution in [0.1, 0.15) is 35.2 Å². The molecule has 4 heteroatoms. The van der Waals surface area contributed by atoms with E-state index >= 15 is 0 Å². The number of aryl methyl sites for hydroxylation is 1. The van der Waals surface area contributed by atoms with Gasteiger partial charge in [0.25, 0.3) is 0 Å². The van der Waals surface area contributed by atoms with E-state index in [1.54, 1.807) is 19.1 Å². The Bertz CT molecular complexity index is 534. The lowest BCUT2D eigenvalue weighted by molar-refractivity contribution is -0.116. The third-order valence-electron chi connectivity index (χ3n) is 3.31. The number of carbonyl (C=O) groups is 2. The van der Waals surface area contributed by atoms with E-state index in [0.717, 1.165) is 18.4 Å². The second-order valence-corrected chi connectivity index (χ2v) is 4.85. The van der Waals surface area contributed by atoms with Gasteiger partial charge >= 0.3 is 5.97 Å². The van der Waals surface area contributed by atoms with Crippen molar-refractivity contribution in [1.29, 1.82) is 0 Å². The molecule has 1 aliphatic rings. The second kappa shape index (κ2) is 5.69. The van der Waals surface area contributed by atoms with E-state index in [1.807, 2.05) is 0 Å². The van der Waals surface area contributed by atoms with E-state index in [1.165, 1.54) is 6.07 Å². The highest BCUT2D eigenvalue weighted by molar-refractivity contribution is 5.93. The van der Waals surface area contributed by atoms with Crippen molar-refractivity contribution < 1.29 is 14.7 Å². The summed E-state index contributed by atoms with van der Waals surface area (Å²) in [5.74, 6) is -0.654. The number of carboxylic acids is 1. The highest BCUT2D eigenvalue weighted by Gasteiger charge is 2.15. The maximum Gasteiger partial charge on any atom is 0.335 e. The monoisotopic (exact) mass is 259 g/mol. The number of benzene rings is 1. The molecule has 0 fully saturated rings. The fourth-order valence-corrected chi connectivity index (χ4v) is 2.24. The molecule has 0 bridgehead atoms. The molecule has 100 valence electrons. The van der Waals surface area contributed by atoms with Crippen LogP contribution in [0, 0.1) is 12.8 Å². The van der Waals surface area contributed by atoms with Crippen LogP contribution in [0.5, 0.6) is 0 Å². The maximum atomic E-state index is 11.9. The van der Waals surface area contributed by atoms with Crippen LogP contribution < -0.4 is 5.32 Å². The van der Waals surface area contributed by atoms with E-state index in [4.69, 9.17) is 5.11 Å². The first-order valence-corrected chi connectivity index (χ1v) is 6.36. The largest absolute Gasteiger partial charge is 0.478 e. The van der Waals surface area contributed by atoms with E-state index < -0.39 is 5.97 Å². The molecule has 1 amide bonds. The lowest BCUT2D eigenvalue weighted by Crippen LogP contribution is -2.15. The number of nitrogens with one attached hydrogen (secondary N) is 1. The molecule has 0 saturated heterocycles. The van der Waals surface area contributed by atoms with Gasteiger partial charge < -0.3 is 10.4 Å². The van der Waals surface area contributed by atoms with Gasteiger partial charge in [0, 0.05) is 12.1 Å². The molecule has 2 N–H and O–H groups in total. The molecular formula is C15H17NO3. The molecule has 4 nitrogen and oxygen atoms in total. The molecule has 1 atom stereocenters. The summed E-state index contributed by atoms with van der Waals surface area (Å²) in [7, 11) is 0. The average Bonchev–Trinajstić information content (AvgIpc) is 2.84. The molecule has 1 aliphatic carbocycles. The molecule has 0 saturated carbocycles. The fraction of sp³-hybridized carbons (Fsp3) is 0.333. The summed E-state index contributed by atoms with van der Waals surface area (Å²) in [5, 5.41) is 11.7. The van der Waals surface area contributed by atoms with Gasteiger partial charge in [-0.3, -0.25) is 4.79 Å². The SMILES string of the molecule is Cc1cc(C(=O)O)ccc1NC(=O)CC1C=CCC1. The lowest BCUT2D eigenvalue weighted by atomic mass is 10.0. The van der Waals surface area contributed by atoms with Crippen LogP contribution in [0.15, 0.2) is 30.4 Å². The fourth-order valence-electron chi connectivity index (χ4n) is 2.24. The number of hydrogen-bond acceptors (Lipinski definition) is 2. The van der Waals surface area contributed by atoms with Crippen molar-refractivity contribution in [3.63, 3.8) is 0 Å². The van der Waals surface area contributed by atoms with Crippen molar-refractivity contribution in [2.75, 3.05) is 5.32 Å². The Hall–Kier alpha value is -2.10. The minimum absolute atomic E-state index is 0.0253. The Morgan fingerprint density at radius 2 is 2.21 bits per heavy atom. The number of carbonyl (C=O) groups excluding carboxylic acids is 1. The number of rotatable bonds is 4. The van der Waals surface area contributed by atoms with Crippen LogP contribution in [-0.4, -0.2) is 17.0 Å². The molecule has 0 heterocycles. The number of anilines is 1. The molecule has 19 heavy (non-hydrogen) atoms. The maximum absolute atomic E-state index is 11.9. The zero-order chi connectivity index (χ0) is 13.8. The van der Waals surface area contributed by atoms with E-state index in [2.05, 4.69) is 17.5 Å². The minimum Gasteiger partial charge on any atom is -0.478 e. The van der Waals surface area contributed by atoms with Gasteiger partial charge in [-0.05, 0) is 49.4 Å². The van der Waals surface area contributed by atoms with Crippen molar-refractivity contribution in [3.8, 4) is 0 Å². The number of carboxylic acid groups (broad SMARTS) is 1. The third-order valence-corrected chi connectivity index (χ3v) is 3.31. The van der Waals surface area contributed by atoms with Crippen LogP contribution in [-0.2, 0) is 4.79 Å². The molecule has 0 spiro atoms. The molecular weight excluding hydrogens is 242 g/mol. The van der Waals surface area contributed by atoms with Gasteiger partial charge in [0.2, 0.25) is 5.91 Å². The van der Waals surface area contributed by atoms with Gasteiger partial charge in [0.05, 0.1) is 5.56 Å². The minimum atomic E-state index is -0.961. The Kier molecular flexibility index (Phi) is 4.00. The predicted octanol–water partition coefficient (Wildman–Crippen LogP) is 2.99.